The molecule has 1 rings (SSSR count). The maximum atomic E-state index is 12.1. The van der Waals surface area contributed by atoms with E-state index in [1.165, 1.54) is 6.92 Å². The number of nitrogens with one attached hydrogen (secondary N) is 1. The van der Waals surface area contributed by atoms with Crippen molar-refractivity contribution in [3.05, 3.63) is 0 Å². The van der Waals surface area contributed by atoms with E-state index in [1.54, 1.807) is 0 Å². The number of esters is 1. The van der Waals surface area contributed by atoms with Gasteiger partial charge in [-0.3, -0.25) is 4.79 Å². The Hall–Kier alpha value is -0.990. The van der Waals surface area contributed by atoms with Gasteiger partial charge >= 0.3 is 18.3 Å². The van der Waals surface area contributed by atoms with Crippen LogP contribution in [0.5, 0.6) is 0 Å². The molecule has 0 aromatic rings. The van der Waals surface area contributed by atoms with Gasteiger partial charge in [-0.15, -0.1) is 0 Å². The highest BCUT2D eigenvalue weighted by molar-refractivity contribution is 5.74. The van der Waals surface area contributed by atoms with E-state index in [2.05, 4.69) is 10.1 Å². The van der Waals surface area contributed by atoms with E-state index in [0.29, 0.717) is 6.54 Å². The van der Waals surface area contributed by atoms with Crippen LogP contribution in [0.1, 0.15) is 13.3 Å². The SMILES string of the molecule is CCC(C(=O)OC(C(F)(F)F)C(F)(F)F)C1CN1. The number of alkyl halides is 6. The first-order chi connectivity index (χ1) is 8.07. The van der Waals surface area contributed by atoms with Crippen molar-refractivity contribution in [3.8, 4) is 0 Å². The predicted octanol–water partition coefficient (Wildman–Crippen LogP) is 2.02. The molecule has 2 unspecified atom stereocenters. The van der Waals surface area contributed by atoms with Crippen molar-refractivity contribution in [2.24, 2.45) is 5.92 Å². The van der Waals surface area contributed by atoms with E-state index in [0.717, 1.165) is 0 Å². The van der Waals surface area contributed by atoms with Gasteiger partial charge in [-0.05, 0) is 6.42 Å². The highest BCUT2D eigenvalue weighted by atomic mass is 19.4. The van der Waals surface area contributed by atoms with Crippen LogP contribution in [0.4, 0.5) is 26.3 Å². The van der Waals surface area contributed by atoms with Crippen LogP contribution in [-0.2, 0) is 9.53 Å². The Bertz CT molecular complexity index is 295. The summed E-state index contributed by atoms with van der Waals surface area (Å²) in [7, 11) is 0. The number of carbonyl (C=O) groups excluding carboxylic acids is 1. The van der Waals surface area contributed by atoms with Crippen molar-refractivity contribution in [1.82, 2.24) is 5.32 Å². The largest absolute Gasteiger partial charge is 0.442 e. The molecule has 1 aliphatic rings. The zero-order valence-electron chi connectivity index (χ0n) is 9.23. The van der Waals surface area contributed by atoms with Gasteiger partial charge in [0, 0.05) is 12.6 Å². The van der Waals surface area contributed by atoms with E-state index >= 15 is 0 Å². The number of hydrogen-bond acceptors (Lipinski definition) is 3. The third-order valence-electron chi connectivity index (χ3n) is 2.50. The van der Waals surface area contributed by atoms with Gasteiger partial charge in [0.15, 0.2) is 0 Å². The Morgan fingerprint density at radius 2 is 1.72 bits per heavy atom. The zero-order chi connectivity index (χ0) is 14.1. The fourth-order valence-electron chi connectivity index (χ4n) is 1.49. The van der Waals surface area contributed by atoms with Crippen LogP contribution < -0.4 is 5.32 Å². The molecule has 0 amide bonds. The molecule has 1 saturated heterocycles. The summed E-state index contributed by atoms with van der Waals surface area (Å²) < 4.78 is 76.5. The van der Waals surface area contributed by atoms with Gasteiger partial charge in [-0.2, -0.15) is 26.3 Å². The molecule has 1 N–H and O–H groups in total. The second-order valence-corrected chi connectivity index (χ2v) is 3.93. The summed E-state index contributed by atoms with van der Waals surface area (Å²) in [4.78, 5) is 11.3. The van der Waals surface area contributed by atoms with Crippen LogP contribution in [0.2, 0.25) is 0 Å². The Kier molecular flexibility index (Phi) is 4.14. The normalized spacial score (nSPS) is 21.9. The van der Waals surface area contributed by atoms with E-state index in [4.69, 9.17) is 0 Å². The molecule has 2 atom stereocenters. The van der Waals surface area contributed by atoms with E-state index in [-0.39, 0.29) is 6.42 Å². The lowest BCUT2D eigenvalue weighted by atomic mass is 10.0. The maximum absolute atomic E-state index is 12.1. The Morgan fingerprint density at radius 1 is 1.28 bits per heavy atom. The molecule has 0 bridgehead atoms. The number of ether oxygens (including phenoxy) is 1. The molecule has 9 heteroatoms. The van der Waals surface area contributed by atoms with Crippen molar-refractivity contribution >= 4 is 5.97 Å². The van der Waals surface area contributed by atoms with Gasteiger partial charge in [-0.25, -0.2) is 0 Å². The lowest BCUT2D eigenvalue weighted by Crippen LogP contribution is -2.47. The minimum absolute atomic E-state index is 0.110. The second-order valence-electron chi connectivity index (χ2n) is 3.93. The topological polar surface area (TPSA) is 48.2 Å². The molecule has 0 saturated carbocycles. The third-order valence-corrected chi connectivity index (χ3v) is 2.50. The number of halogens is 6. The van der Waals surface area contributed by atoms with Crippen molar-refractivity contribution in [3.63, 3.8) is 0 Å². The number of hydrogen-bond donors (Lipinski definition) is 1. The molecule has 0 aliphatic carbocycles. The molecule has 1 heterocycles. The molecule has 0 radical (unpaired) electrons. The predicted molar refractivity (Wildman–Crippen MR) is 47.6 cm³/mol. The first-order valence-corrected chi connectivity index (χ1v) is 5.14. The molecule has 1 fully saturated rings. The molecule has 106 valence electrons. The standard InChI is InChI=1S/C9H11F6NO2/c1-2-4(5-3-16-5)6(17)18-7(8(10,11)12)9(13,14)15/h4-5,7,16H,2-3H2,1H3. The Balaban J connectivity index is 2.74. The quantitative estimate of drug-likeness (QED) is 0.486. The molecule has 3 nitrogen and oxygen atoms in total. The monoisotopic (exact) mass is 279 g/mol. The molecule has 0 spiro atoms. The summed E-state index contributed by atoms with van der Waals surface area (Å²) in [5.41, 5.74) is 0. The van der Waals surface area contributed by atoms with E-state index in [1.807, 2.05) is 0 Å². The fourth-order valence-corrected chi connectivity index (χ4v) is 1.49. The average molecular weight is 279 g/mol. The van der Waals surface area contributed by atoms with Crippen molar-refractivity contribution in [2.45, 2.75) is 37.8 Å². The molecule has 0 aromatic heterocycles. The smallest absolute Gasteiger partial charge is 0.434 e. The summed E-state index contributed by atoms with van der Waals surface area (Å²) in [6.45, 7) is 1.87. The van der Waals surface area contributed by atoms with Gasteiger partial charge in [0.2, 0.25) is 0 Å². The van der Waals surface area contributed by atoms with Crippen LogP contribution in [0.15, 0.2) is 0 Å². The minimum Gasteiger partial charge on any atom is -0.442 e. The minimum atomic E-state index is -5.66. The lowest BCUT2D eigenvalue weighted by molar-refractivity contribution is -0.314. The molecular weight excluding hydrogens is 268 g/mol. The van der Waals surface area contributed by atoms with E-state index in [9.17, 15) is 31.1 Å². The summed E-state index contributed by atoms with van der Waals surface area (Å²) in [6.07, 6.45) is -15.3. The van der Waals surface area contributed by atoms with E-state index < -0.39 is 36.4 Å². The lowest BCUT2D eigenvalue weighted by Gasteiger charge is -2.24. The molecule has 0 aromatic carbocycles. The Labute approximate surface area is 98.5 Å². The molecule has 1 aliphatic heterocycles. The summed E-state index contributed by atoms with van der Waals surface area (Å²) in [5.74, 6) is -2.47. The molecule has 18 heavy (non-hydrogen) atoms. The van der Waals surface area contributed by atoms with Gasteiger partial charge in [0.25, 0.3) is 6.10 Å². The van der Waals surface area contributed by atoms with Crippen LogP contribution in [0, 0.1) is 5.92 Å². The number of rotatable bonds is 4. The first kappa shape index (κ1) is 15.1. The van der Waals surface area contributed by atoms with Crippen molar-refractivity contribution in [2.75, 3.05) is 6.54 Å². The van der Waals surface area contributed by atoms with Crippen LogP contribution >= 0.6 is 0 Å². The maximum Gasteiger partial charge on any atom is 0.434 e. The van der Waals surface area contributed by atoms with Gasteiger partial charge < -0.3 is 10.1 Å². The van der Waals surface area contributed by atoms with Gasteiger partial charge in [0.05, 0.1) is 5.92 Å². The summed E-state index contributed by atoms with van der Waals surface area (Å²) in [5, 5.41) is 2.65. The third kappa shape index (κ3) is 3.76. The number of carbonyl (C=O) groups is 1. The summed E-state index contributed by atoms with van der Waals surface area (Å²) in [6, 6.07) is -0.399. The van der Waals surface area contributed by atoms with Crippen LogP contribution in [0.25, 0.3) is 0 Å². The fraction of sp³-hybridized carbons (Fsp3) is 0.889. The molecular formula is C9H11F6NO2. The van der Waals surface area contributed by atoms with Crippen molar-refractivity contribution < 1.29 is 35.9 Å². The van der Waals surface area contributed by atoms with Crippen LogP contribution in [-0.4, -0.2) is 37.0 Å². The van der Waals surface area contributed by atoms with Crippen LogP contribution in [0.3, 0.4) is 0 Å². The average Bonchev–Trinajstić information content (AvgIpc) is 2.95. The Morgan fingerprint density at radius 3 is 2.00 bits per heavy atom. The summed E-state index contributed by atoms with van der Waals surface area (Å²) >= 11 is 0. The highest BCUT2D eigenvalue weighted by Crippen LogP contribution is 2.36. The van der Waals surface area contributed by atoms with Gasteiger partial charge in [0.1, 0.15) is 0 Å². The van der Waals surface area contributed by atoms with Crippen molar-refractivity contribution in [1.29, 1.82) is 0 Å². The first-order valence-electron chi connectivity index (χ1n) is 5.14. The zero-order valence-corrected chi connectivity index (χ0v) is 9.23. The second kappa shape index (κ2) is 4.94. The van der Waals surface area contributed by atoms with Gasteiger partial charge in [-0.1, -0.05) is 6.92 Å². The highest BCUT2D eigenvalue weighted by Gasteiger charge is 2.60.